The summed E-state index contributed by atoms with van der Waals surface area (Å²) in [5.41, 5.74) is 4.03. The van der Waals surface area contributed by atoms with Gasteiger partial charge in [0.05, 0.1) is 11.1 Å². The summed E-state index contributed by atoms with van der Waals surface area (Å²) >= 11 is 3.38. The molecule has 3 aromatic rings. The van der Waals surface area contributed by atoms with Crippen LogP contribution in [-0.2, 0) is 17.6 Å². The van der Waals surface area contributed by atoms with Crippen molar-refractivity contribution in [2.45, 2.75) is 46.5 Å². The number of carbonyl (C=O) groups is 2. The van der Waals surface area contributed by atoms with Gasteiger partial charge in [-0.15, -0.1) is 0 Å². The van der Waals surface area contributed by atoms with Crippen molar-refractivity contribution in [2.75, 3.05) is 6.61 Å². The molecule has 0 bridgehead atoms. The minimum absolute atomic E-state index is 0.182. The molecule has 1 aromatic heterocycles. The molecule has 5 heteroatoms. The minimum Gasteiger partial charge on any atom is -0.454 e. The Morgan fingerprint density at radius 1 is 1.16 bits per heavy atom. The first-order valence-electron chi connectivity index (χ1n) is 11.2. The summed E-state index contributed by atoms with van der Waals surface area (Å²) in [7, 11) is 0. The molecule has 0 N–H and O–H groups in total. The van der Waals surface area contributed by atoms with Crippen LogP contribution < -0.4 is 0 Å². The molecule has 4 nitrogen and oxygen atoms in total. The largest absolute Gasteiger partial charge is 0.454 e. The molecule has 1 aliphatic rings. The average molecular weight is 494 g/mol. The standard InChI is InChI=1S/C27H28BrNO3/c1-4-27(2,3)18-12-13-23-21(15-18)25(20-10-5-6-11-22(20)29-23)26(31)32-16-24(30)17-8-7-9-19(28)14-17/h5-11,14,18H,4,12-13,15-16H2,1-3H3. The molecular weight excluding hydrogens is 466 g/mol. The molecule has 0 aliphatic heterocycles. The Balaban J connectivity index is 1.67. The number of para-hydroxylation sites is 1. The summed E-state index contributed by atoms with van der Waals surface area (Å²) in [6, 6.07) is 14.8. The number of fused-ring (bicyclic) bond motifs is 2. The Morgan fingerprint density at radius 2 is 1.94 bits per heavy atom. The van der Waals surface area contributed by atoms with E-state index in [4.69, 9.17) is 9.72 Å². The van der Waals surface area contributed by atoms with E-state index in [0.29, 0.717) is 17.0 Å². The number of hydrogen-bond donors (Lipinski definition) is 0. The van der Waals surface area contributed by atoms with Crippen LogP contribution in [0.1, 0.15) is 65.6 Å². The number of ether oxygens (including phenoxy) is 1. The summed E-state index contributed by atoms with van der Waals surface area (Å²) in [6.07, 6.45) is 3.80. The second-order valence-electron chi connectivity index (χ2n) is 9.22. The lowest BCUT2D eigenvalue weighted by molar-refractivity contribution is 0.0474. The third-order valence-electron chi connectivity index (χ3n) is 6.96. The Labute approximate surface area is 197 Å². The minimum atomic E-state index is -0.446. The van der Waals surface area contributed by atoms with Crippen LogP contribution in [0.5, 0.6) is 0 Å². The first-order chi connectivity index (χ1) is 15.3. The molecule has 0 fully saturated rings. The molecule has 1 aliphatic carbocycles. The van der Waals surface area contributed by atoms with Crippen molar-refractivity contribution in [2.24, 2.45) is 11.3 Å². The molecule has 0 radical (unpaired) electrons. The van der Waals surface area contributed by atoms with Crippen LogP contribution in [-0.4, -0.2) is 23.3 Å². The molecule has 1 heterocycles. The van der Waals surface area contributed by atoms with E-state index < -0.39 is 5.97 Å². The van der Waals surface area contributed by atoms with Gasteiger partial charge in [0.25, 0.3) is 0 Å². The molecular formula is C27H28BrNO3. The molecule has 1 unspecified atom stereocenters. The maximum atomic E-state index is 13.3. The summed E-state index contributed by atoms with van der Waals surface area (Å²) < 4.78 is 6.39. The summed E-state index contributed by atoms with van der Waals surface area (Å²) in [6.45, 7) is 6.53. The molecule has 2 aromatic carbocycles. The number of rotatable bonds is 6. The van der Waals surface area contributed by atoms with Crippen molar-refractivity contribution in [1.82, 2.24) is 4.98 Å². The molecule has 0 amide bonds. The number of carbonyl (C=O) groups excluding carboxylic acids is 2. The van der Waals surface area contributed by atoms with E-state index in [1.165, 1.54) is 0 Å². The molecule has 0 saturated carbocycles. The maximum Gasteiger partial charge on any atom is 0.339 e. The lowest BCUT2D eigenvalue weighted by Gasteiger charge is -2.37. The van der Waals surface area contributed by atoms with Crippen molar-refractivity contribution >= 4 is 38.6 Å². The van der Waals surface area contributed by atoms with Crippen LogP contribution in [0.15, 0.2) is 53.0 Å². The Morgan fingerprint density at radius 3 is 2.69 bits per heavy atom. The summed E-state index contributed by atoms with van der Waals surface area (Å²) in [4.78, 5) is 30.8. The number of nitrogens with zero attached hydrogens (tertiary/aromatic N) is 1. The van der Waals surface area contributed by atoms with Gasteiger partial charge in [-0.2, -0.15) is 0 Å². The predicted octanol–water partition coefficient (Wildman–Crippen LogP) is 6.58. The summed E-state index contributed by atoms with van der Waals surface area (Å²) in [5.74, 6) is -0.201. The van der Waals surface area contributed by atoms with Crippen LogP contribution in [0.3, 0.4) is 0 Å². The monoisotopic (exact) mass is 493 g/mol. The molecule has 166 valence electrons. The number of aromatic nitrogens is 1. The van der Waals surface area contributed by atoms with Crippen LogP contribution in [0.2, 0.25) is 0 Å². The Bertz CT molecular complexity index is 1180. The second-order valence-corrected chi connectivity index (χ2v) is 10.1. The van der Waals surface area contributed by atoms with Gasteiger partial charge >= 0.3 is 5.97 Å². The lowest BCUT2D eigenvalue weighted by Crippen LogP contribution is -2.31. The van der Waals surface area contributed by atoms with Gasteiger partial charge in [-0.05, 0) is 54.4 Å². The van der Waals surface area contributed by atoms with Gasteiger partial charge in [0.15, 0.2) is 12.4 Å². The fraction of sp³-hybridized carbons (Fsp3) is 0.370. The Kier molecular flexibility index (Phi) is 6.47. The molecule has 0 spiro atoms. The van der Waals surface area contributed by atoms with E-state index in [1.807, 2.05) is 30.3 Å². The predicted molar refractivity (Wildman–Crippen MR) is 130 cm³/mol. The lowest BCUT2D eigenvalue weighted by atomic mass is 9.68. The molecule has 32 heavy (non-hydrogen) atoms. The zero-order chi connectivity index (χ0) is 22.9. The van der Waals surface area contributed by atoms with Crippen LogP contribution in [0.25, 0.3) is 10.9 Å². The van der Waals surface area contributed by atoms with E-state index in [-0.39, 0.29) is 17.8 Å². The number of aryl methyl sites for hydroxylation is 1. The van der Waals surface area contributed by atoms with E-state index in [2.05, 4.69) is 36.7 Å². The van der Waals surface area contributed by atoms with Gasteiger partial charge in [0, 0.05) is 21.1 Å². The number of esters is 1. The van der Waals surface area contributed by atoms with E-state index in [9.17, 15) is 9.59 Å². The number of ketones is 1. The van der Waals surface area contributed by atoms with Gasteiger partial charge < -0.3 is 4.74 Å². The number of hydrogen-bond acceptors (Lipinski definition) is 4. The highest BCUT2D eigenvalue weighted by atomic mass is 79.9. The molecule has 4 rings (SSSR count). The normalized spacial score (nSPS) is 15.9. The van der Waals surface area contributed by atoms with Crippen molar-refractivity contribution in [3.63, 3.8) is 0 Å². The SMILES string of the molecule is CCC(C)(C)C1CCc2nc3ccccc3c(C(=O)OCC(=O)c3cccc(Br)c3)c2C1. The van der Waals surface area contributed by atoms with Crippen molar-refractivity contribution in [1.29, 1.82) is 0 Å². The number of benzene rings is 2. The summed E-state index contributed by atoms with van der Waals surface area (Å²) in [5, 5.41) is 0.793. The van der Waals surface area contributed by atoms with Crippen molar-refractivity contribution in [3.8, 4) is 0 Å². The van der Waals surface area contributed by atoms with E-state index in [0.717, 1.165) is 52.3 Å². The van der Waals surface area contributed by atoms with Crippen LogP contribution >= 0.6 is 15.9 Å². The quantitative estimate of drug-likeness (QED) is 0.287. The number of Topliss-reactive ketones (excluding diaryl/α,β-unsaturated/α-hetero) is 1. The van der Waals surface area contributed by atoms with Crippen molar-refractivity contribution in [3.05, 3.63) is 75.4 Å². The smallest absolute Gasteiger partial charge is 0.339 e. The second kappa shape index (κ2) is 9.14. The van der Waals surface area contributed by atoms with Gasteiger partial charge in [0.1, 0.15) is 0 Å². The third-order valence-corrected chi connectivity index (χ3v) is 7.45. The zero-order valence-corrected chi connectivity index (χ0v) is 20.4. The molecule has 1 atom stereocenters. The van der Waals surface area contributed by atoms with E-state index in [1.54, 1.807) is 18.2 Å². The zero-order valence-electron chi connectivity index (χ0n) is 18.8. The Hall–Kier alpha value is -2.53. The average Bonchev–Trinajstić information content (AvgIpc) is 2.80. The highest BCUT2D eigenvalue weighted by Crippen LogP contribution is 2.41. The first kappa shape index (κ1) is 22.7. The number of halogens is 1. The fourth-order valence-electron chi connectivity index (χ4n) is 4.53. The van der Waals surface area contributed by atoms with Gasteiger partial charge in [-0.3, -0.25) is 9.78 Å². The topological polar surface area (TPSA) is 56.3 Å². The fourth-order valence-corrected chi connectivity index (χ4v) is 4.92. The highest BCUT2D eigenvalue weighted by molar-refractivity contribution is 9.10. The van der Waals surface area contributed by atoms with Gasteiger partial charge in [-0.1, -0.05) is 73.5 Å². The third kappa shape index (κ3) is 4.49. The molecule has 0 saturated heterocycles. The number of pyridine rings is 1. The van der Waals surface area contributed by atoms with Crippen LogP contribution in [0.4, 0.5) is 0 Å². The highest BCUT2D eigenvalue weighted by Gasteiger charge is 2.34. The van der Waals surface area contributed by atoms with E-state index >= 15 is 0 Å². The van der Waals surface area contributed by atoms with Crippen LogP contribution in [0, 0.1) is 11.3 Å². The maximum absolute atomic E-state index is 13.3. The first-order valence-corrected chi connectivity index (χ1v) is 12.0. The van der Waals surface area contributed by atoms with Crippen molar-refractivity contribution < 1.29 is 14.3 Å². The van der Waals surface area contributed by atoms with Gasteiger partial charge in [-0.25, -0.2) is 4.79 Å². The van der Waals surface area contributed by atoms with Gasteiger partial charge in [0.2, 0.25) is 0 Å².